The molecular formula is C20H24BrN3O3S. The van der Waals surface area contributed by atoms with Gasteiger partial charge in [0.2, 0.25) is 0 Å². The Morgan fingerprint density at radius 2 is 1.79 bits per heavy atom. The number of nitrogens with zero attached hydrogens (tertiary/aromatic N) is 2. The number of rotatable bonds is 5. The van der Waals surface area contributed by atoms with Gasteiger partial charge >= 0.3 is 0 Å². The second kappa shape index (κ2) is 8.63. The highest BCUT2D eigenvalue weighted by atomic mass is 79.9. The lowest BCUT2D eigenvalue weighted by Gasteiger charge is -2.35. The average Bonchev–Trinajstić information content (AvgIpc) is 2.67. The third kappa shape index (κ3) is 4.92. The zero-order valence-electron chi connectivity index (χ0n) is 15.9. The Kier molecular flexibility index (Phi) is 6.42. The summed E-state index contributed by atoms with van der Waals surface area (Å²) in [5, 5.41) is 0. The van der Waals surface area contributed by atoms with E-state index < -0.39 is 10.0 Å². The maximum absolute atomic E-state index is 12.9. The lowest BCUT2D eigenvalue weighted by atomic mass is 10.0. The number of piperidine rings is 1. The second-order valence-electron chi connectivity index (χ2n) is 7.09. The highest BCUT2D eigenvalue weighted by Gasteiger charge is 2.25. The molecule has 1 N–H and O–H groups in total. The molecule has 3 rings (SSSR count). The number of halogens is 1. The number of benzene rings is 2. The van der Waals surface area contributed by atoms with Crippen LogP contribution in [0, 0.1) is 0 Å². The Balaban J connectivity index is 1.74. The van der Waals surface area contributed by atoms with Crippen LogP contribution in [0.1, 0.15) is 23.2 Å². The zero-order chi connectivity index (χ0) is 20.3. The molecule has 2 aromatic rings. The van der Waals surface area contributed by atoms with E-state index in [1.807, 2.05) is 7.05 Å². The van der Waals surface area contributed by atoms with Gasteiger partial charge in [-0.3, -0.25) is 9.52 Å². The Morgan fingerprint density at radius 1 is 1.14 bits per heavy atom. The molecule has 1 aliphatic rings. The van der Waals surface area contributed by atoms with Crippen LogP contribution in [0.25, 0.3) is 0 Å². The molecule has 0 aliphatic carbocycles. The van der Waals surface area contributed by atoms with E-state index in [0.29, 0.717) is 11.3 Å². The summed E-state index contributed by atoms with van der Waals surface area (Å²) in [5.74, 6) is -0.0979. The van der Waals surface area contributed by atoms with Gasteiger partial charge in [0.25, 0.3) is 15.9 Å². The number of sulfonamides is 1. The van der Waals surface area contributed by atoms with Gasteiger partial charge in [0, 0.05) is 28.8 Å². The molecule has 0 bridgehead atoms. The maximum Gasteiger partial charge on any atom is 0.261 e. The van der Waals surface area contributed by atoms with Gasteiger partial charge in [0.1, 0.15) is 0 Å². The fourth-order valence-corrected chi connectivity index (χ4v) is 4.61. The summed E-state index contributed by atoms with van der Waals surface area (Å²) in [5.41, 5.74) is 0.836. The topological polar surface area (TPSA) is 69.7 Å². The number of nitrogens with one attached hydrogen (secondary N) is 1. The van der Waals surface area contributed by atoms with Crippen LogP contribution in [0.3, 0.4) is 0 Å². The van der Waals surface area contributed by atoms with Gasteiger partial charge in [-0.2, -0.15) is 0 Å². The van der Waals surface area contributed by atoms with E-state index in [-0.39, 0.29) is 16.8 Å². The number of carbonyl (C=O) groups is 1. The van der Waals surface area contributed by atoms with Crippen LogP contribution >= 0.6 is 15.9 Å². The minimum atomic E-state index is -3.72. The van der Waals surface area contributed by atoms with Crippen LogP contribution in [-0.4, -0.2) is 57.4 Å². The van der Waals surface area contributed by atoms with Crippen molar-refractivity contribution in [1.29, 1.82) is 0 Å². The Morgan fingerprint density at radius 3 is 2.43 bits per heavy atom. The number of carbonyl (C=O) groups excluding carboxylic acids is 1. The van der Waals surface area contributed by atoms with Gasteiger partial charge < -0.3 is 9.80 Å². The summed E-state index contributed by atoms with van der Waals surface area (Å²) in [4.78, 5) is 17.1. The standard InChI is InChI=1S/C20H24BrN3O3S/c1-23-12-10-18(11-13-23)24(2)20(25)15-4-3-5-17(14-15)22-28(26,27)19-8-6-16(21)7-9-19/h3-9,14,18,22H,10-13H2,1-2H3. The van der Waals surface area contributed by atoms with E-state index in [2.05, 4.69) is 32.6 Å². The smallest absolute Gasteiger partial charge is 0.261 e. The van der Waals surface area contributed by atoms with Crippen LogP contribution in [0.2, 0.25) is 0 Å². The Bertz CT molecular complexity index is 939. The summed E-state index contributed by atoms with van der Waals surface area (Å²) >= 11 is 3.29. The highest BCUT2D eigenvalue weighted by molar-refractivity contribution is 9.10. The largest absolute Gasteiger partial charge is 0.339 e. The van der Waals surface area contributed by atoms with Crippen LogP contribution in [0.5, 0.6) is 0 Å². The number of anilines is 1. The van der Waals surface area contributed by atoms with Gasteiger partial charge in [-0.15, -0.1) is 0 Å². The van der Waals surface area contributed by atoms with Crippen molar-refractivity contribution >= 4 is 37.5 Å². The van der Waals surface area contributed by atoms with Crippen molar-refractivity contribution in [1.82, 2.24) is 9.80 Å². The molecule has 0 atom stereocenters. The van der Waals surface area contributed by atoms with Gasteiger partial charge in [0.15, 0.2) is 0 Å². The normalized spacial score (nSPS) is 16.0. The third-order valence-corrected chi connectivity index (χ3v) is 6.97. The summed E-state index contributed by atoms with van der Waals surface area (Å²) in [7, 11) is 0.178. The summed E-state index contributed by atoms with van der Waals surface area (Å²) in [6.45, 7) is 1.94. The molecule has 1 aliphatic heterocycles. The molecule has 1 heterocycles. The third-order valence-electron chi connectivity index (χ3n) is 5.04. The van der Waals surface area contributed by atoms with Crippen molar-refractivity contribution in [3.05, 3.63) is 58.6 Å². The van der Waals surface area contributed by atoms with Crippen molar-refractivity contribution in [3.63, 3.8) is 0 Å². The van der Waals surface area contributed by atoms with Crippen LogP contribution < -0.4 is 4.72 Å². The monoisotopic (exact) mass is 465 g/mol. The van der Waals surface area contributed by atoms with Crippen LogP contribution in [-0.2, 0) is 10.0 Å². The van der Waals surface area contributed by atoms with E-state index in [0.717, 1.165) is 30.4 Å². The molecule has 0 spiro atoms. The molecule has 8 heteroatoms. The molecule has 150 valence electrons. The molecule has 0 unspecified atom stereocenters. The van der Waals surface area contributed by atoms with E-state index in [1.54, 1.807) is 41.3 Å². The molecule has 0 saturated carbocycles. The molecule has 2 aromatic carbocycles. The van der Waals surface area contributed by atoms with E-state index in [1.165, 1.54) is 12.1 Å². The first-order valence-corrected chi connectivity index (χ1v) is 11.4. The van der Waals surface area contributed by atoms with Gasteiger partial charge in [0.05, 0.1) is 4.90 Å². The number of likely N-dealkylation sites (tertiary alicyclic amines) is 1. The minimum Gasteiger partial charge on any atom is -0.339 e. The fraction of sp³-hybridized carbons (Fsp3) is 0.350. The summed E-state index contributed by atoms with van der Waals surface area (Å²) in [6.07, 6.45) is 1.88. The highest BCUT2D eigenvalue weighted by Crippen LogP contribution is 2.21. The predicted molar refractivity (Wildman–Crippen MR) is 114 cm³/mol. The first-order chi connectivity index (χ1) is 13.3. The lowest BCUT2D eigenvalue weighted by Crippen LogP contribution is -2.44. The SMILES string of the molecule is CN1CCC(N(C)C(=O)c2cccc(NS(=O)(=O)c3ccc(Br)cc3)c2)CC1. The first kappa shape index (κ1) is 20.8. The van der Waals surface area contributed by atoms with Gasteiger partial charge in [-0.25, -0.2) is 8.42 Å². The van der Waals surface area contributed by atoms with Crippen molar-refractivity contribution in [2.24, 2.45) is 0 Å². The van der Waals surface area contributed by atoms with Crippen molar-refractivity contribution < 1.29 is 13.2 Å². The molecule has 1 fully saturated rings. The van der Waals surface area contributed by atoms with Gasteiger partial charge in [-0.1, -0.05) is 22.0 Å². The Hall–Kier alpha value is -1.90. The number of hydrogen-bond donors (Lipinski definition) is 1. The molecule has 0 radical (unpaired) electrons. The molecule has 1 amide bonds. The van der Waals surface area contributed by atoms with Crippen molar-refractivity contribution in [3.8, 4) is 0 Å². The van der Waals surface area contributed by atoms with Crippen molar-refractivity contribution in [2.75, 3.05) is 31.9 Å². The molecule has 6 nitrogen and oxygen atoms in total. The molecular weight excluding hydrogens is 442 g/mol. The number of amides is 1. The first-order valence-electron chi connectivity index (χ1n) is 9.10. The van der Waals surface area contributed by atoms with Gasteiger partial charge in [-0.05, 0) is 75.4 Å². The molecule has 1 saturated heterocycles. The Labute approximate surface area is 174 Å². The quantitative estimate of drug-likeness (QED) is 0.734. The average molecular weight is 466 g/mol. The molecule has 0 aromatic heterocycles. The van der Waals surface area contributed by atoms with E-state index in [4.69, 9.17) is 0 Å². The molecule has 28 heavy (non-hydrogen) atoms. The van der Waals surface area contributed by atoms with E-state index >= 15 is 0 Å². The lowest BCUT2D eigenvalue weighted by molar-refractivity contribution is 0.0659. The van der Waals surface area contributed by atoms with Crippen LogP contribution in [0.15, 0.2) is 57.9 Å². The van der Waals surface area contributed by atoms with E-state index in [9.17, 15) is 13.2 Å². The maximum atomic E-state index is 12.9. The zero-order valence-corrected chi connectivity index (χ0v) is 18.3. The van der Waals surface area contributed by atoms with Crippen molar-refractivity contribution in [2.45, 2.75) is 23.8 Å². The summed E-state index contributed by atoms with van der Waals surface area (Å²) in [6, 6.07) is 13.2. The summed E-state index contributed by atoms with van der Waals surface area (Å²) < 4.78 is 28.5. The fourth-order valence-electron chi connectivity index (χ4n) is 3.30. The minimum absolute atomic E-state index is 0.0979. The predicted octanol–water partition coefficient (Wildman–Crippen LogP) is 3.42. The number of hydrogen-bond acceptors (Lipinski definition) is 4. The van der Waals surface area contributed by atoms with Crippen LogP contribution in [0.4, 0.5) is 5.69 Å². The second-order valence-corrected chi connectivity index (χ2v) is 9.69.